The van der Waals surface area contributed by atoms with Crippen molar-refractivity contribution in [3.8, 4) is 0 Å². The van der Waals surface area contributed by atoms with Gasteiger partial charge >= 0.3 is 0 Å². The first-order chi connectivity index (χ1) is 6.00. The third-order valence-electron chi connectivity index (χ3n) is 1.69. The molecule has 1 aromatic carbocycles. The summed E-state index contributed by atoms with van der Waals surface area (Å²) in [6, 6.07) is 4.38. The molecule has 0 fully saturated rings. The number of benzene rings is 1. The third kappa shape index (κ3) is 2.89. The number of aryl methyl sites for hydroxylation is 1. The standard InChI is InChI=1S/C10H13BrClN/c1-6(2)13-10-5-9(12)7(3)4-8(10)11/h4-6,13H,1-3H3. The van der Waals surface area contributed by atoms with Crippen LogP contribution in [-0.4, -0.2) is 6.04 Å². The molecule has 0 radical (unpaired) electrons. The van der Waals surface area contributed by atoms with E-state index in [0.29, 0.717) is 6.04 Å². The van der Waals surface area contributed by atoms with E-state index in [9.17, 15) is 0 Å². The van der Waals surface area contributed by atoms with Crippen molar-refractivity contribution in [2.45, 2.75) is 26.8 Å². The van der Waals surface area contributed by atoms with Gasteiger partial charge < -0.3 is 5.32 Å². The predicted molar refractivity (Wildman–Crippen MR) is 62.6 cm³/mol. The molecule has 0 aliphatic carbocycles. The molecule has 1 nitrogen and oxygen atoms in total. The summed E-state index contributed by atoms with van der Waals surface area (Å²) in [7, 11) is 0. The lowest BCUT2D eigenvalue weighted by molar-refractivity contribution is 0.898. The molecule has 1 N–H and O–H groups in total. The number of rotatable bonds is 2. The van der Waals surface area contributed by atoms with Gasteiger partial charge in [-0.25, -0.2) is 0 Å². The van der Waals surface area contributed by atoms with Crippen molar-refractivity contribution in [1.82, 2.24) is 0 Å². The highest BCUT2D eigenvalue weighted by Crippen LogP contribution is 2.29. The molecule has 0 heterocycles. The highest BCUT2D eigenvalue weighted by atomic mass is 79.9. The fourth-order valence-electron chi connectivity index (χ4n) is 1.07. The fourth-order valence-corrected chi connectivity index (χ4v) is 1.80. The van der Waals surface area contributed by atoms with Crippen molar-refractivity contribution in [2.75, 3.05) is 5.32 Å². The van der Waals surface area contributed by atoms with Crippen LogP contribution < -0.4 is 5.32 Å². The van der Waals surface area contributed by atoms with E-state index in [2.05, 4.69) is 35.1 Å². The van der Waals surface area contributed by atoms with Crippen LogP contribution >= 0.6 is 27.5 Å². The number of hydrogen-bond donors (Lipinski definition) is 1. The lowest BCUT2D eigenvalue weighted by Crippen LogP contribution is -2.10. The molecule has 13 heavy (non-hydrogen) atoms. The Morgan fingerprint density at radius 3 is 2.54 bits per heavy atom. The van der Waals surface area contributed by atoms with Gasteiger partial charge in [0.25, 0.3) is 0 Å². The monoisotopic (exact) mass is 261 g/mol. The van der Waals surface area contributed by atoms with E-state index < -0.39 is 0 Å². The average molecular weight is 263 g/mol. The zero-order valence-corrected chi connectivity index (χ0v) is 10.3. The number of nitrogens with one attached hydrogen (secondary N) is 1. The van der Waals surface area contributed by atoms with Gasteiger partial charge in [-0.05, 0) is 54.4 Å². The second kappa shape index (κ2) is 4.34. The minimum atomic E-state index is 0.412. The second-order valence-electron chi connectivity index (χ2n) is 3.38. The van der Waals surface area contributed by atoms with Gasteiger partial charge in [0.2, 0.25) is 0 Å². The third-order valence-corrected chi connectivity index (χ3v) is 2.76. The maximum atomic E-state index is 6.01. The van der Waals surface area contributed by atoms with E-state index in [1.165, 1.54) is 0 Å². The van der Waals surface area contributed by atoms with E-state index >= 15 is 0 Å². The normalized spacial score (nSPS) is 10.6. The summed E-state index contributed by atoms with van der Waals surface area (Å²) in [4.78, 5) is 0. The summed E-state index contributed by atoms with van der Waals surface area (Å²) in [5.41, 5.74) is 2.13. The van der Waals surface area contributed by atoms with E-state index in [0.717, 1.165) is 20.7 Å². The molecule has 1 aromatic rings. The van der Waals surface area contributed by atoms with Crippen LogP contribution in [0.1, 0.15) is 19.4 Å². The molecule has 0 spiro atoms. The van der Waals surface area contributed by atoms with Crippen molar-refractivity contribution in [3.05, 3.63) is 27.2 Å². The van der Waals surface area contributed by atoms with E-state index in [1.54, 1.807) is 0 Å². The second-order valence-corrected chi connectivity index (χ2v) is 4.64. The summed E-state index contributed by atoms with van der Waals surface area (Å²) in [6.45, 7) is 6.19. The Morgan fingerprint density at radius 1 is 1.38 bits per heavy atom. The zero-order chi connectivity index (χ0) is 10.0. The molecule has 0 aromatic heterocycles. The van der Waals surface area contributed by atoms with Crippen molar-refractivity contribution in [3.63, 3.8) is 0 Å². The summed E-state index contributed by atoms with van der Waals surface area (Å²) < 4.78 is 1.06. The van der Waals surface area contributed by atoms with E-state index in [4.69, 9.17) is 11.6 Å². The number of anilines is 1. The largest absolute Gasteiger partial charge is 0.382 e. The van der Waals surface area contributed by atoms with Gasteiger partial charge in [0.05, 0.1) is 5.69 Å². The van der Waals surface area contributed by atoms with E-state index in [-0.39, 0.29) is 0 Å². The van der Waals surface area contributed by atoms with Crippen LogP contribution in [0.3, 0.4) is 0 Å². The molecular formula is C10H13BrClN. The smallest absolute Gasteiger partial charge is 0.0501 e. The lowest BCUT2D eigenvalue weighted by atomic mass is 10.2. The molecule has 0 bridgehead atoms. The van der Waals surface area contributed by atoms with Crippen LogP contribution in [-0.2, 0) is 0 Å². The van der Waals surface area contributed by atoms with Crippen LogP contribution in [0.15, 0.2) is 16.6 Å². The van der Waals surface area contributed by atoms with Crippen LogP contribution in [0.2, 0.25) is 5.02 Å². The fraction of sp³-hybridized carbons (Fsp3) is 0.400. The van der Waals surface area contributed by atoms with Gasteiger partial charge in [-0.2, -0.15) is 0 Å². The van der Waals surface area contributed by atoms with Crippen molar-refractivity contribution < 1.29 is 0 Å². The highest BCUT2D eigenvalue weighted by Gasteiger charge is 2.04. The molecule has 0 saturated carbocycles. The average Bonchev–Trinajstić information content (AvgIpc) is 1.99. The molecule has 0 amide bonds. The van der Waals surface area contributed by atoms with Gasteiger partial charge in [-0.3, -0.25) is 0 Å². The minimum absolute atomic E-state index is 0.412. The van der Waals surface area contributed by atoms with Crippen LogP contribution in [0, 0.1) is 6.92 Å². The molecule has 1 rings (SSSR count). The Balaban J connectivity index is 3.01. The molecule has 0 aliphatic heterocycles. The first-order valence-corrected chi connectivity index (χ1v) is 5.40. The zero-order valence-electron chi connectivity index (χ0n) is 7.99. The molecule has 0 unspecified atom stereocenters. The van der Waals surface area contributed by atoms with Crippen LogP contribution in [0.5, 0.6) is 0 Å². The molecular weight excluding hydrogens is 249 g/mol. The first-order valence-electron chi connectivity index (χ1n) is 4.23. The van der Waals surface area contributed by atoms with Gasteiger partial charge in [0.15, 0.2) is 0 Å². The summed E-state index contributed by atoms with van der Waals surface area (Å²) in [6.07, 6.45) is 0. The quantitative estimate of drug-likeness (QED) is 0.841. The predicted octanol–water partition coefficient (Wildman–Crippen LogP) is 4.23. The van der Waals surface area contributed by atoms with Crippen LogP contribution in [0.25, 0.3) is 0 Å². The SMILES string of the molecule is Cc1cc(Br)c(NC(C)C)cc1Cl. The van der Waals surface area contributed by atoms with Crippen LogP contribution in [0.4, 0.5) is 5.69 Å². The maximum Gasteiger partial charge on any atom is 0.0501 e. The Labute approximate surface area is 92.6 Å². The van der Waals surface area contributed by atoms with Gasteiger partial charge in [0.1, 0.15) is 0 Å². The Hall–Kier alpha value is -0.210. The van der Waals surface area contributed by atoms with Gasteiger partial charge in [-0.15, -0.1) is 0 Å². The Kier molecular flexibility index (Phi) is 3.63. The van der Waals surface area contributed by atoms with Crippen molar-refractivity contribution in [1.29, 1.82) is 0 Å². The number of halogens is 2. The number of hydrogen-bond acceptors (Lipinski definition) is 1. The molecule has 3 heteroatoms. The summed E-state index contributed by atoms with van der Waals surface area (Å²) in [5.74, 6) is 0. The van der Waals surface area contributed by atoms with Crippen molar-refractivity contribution >= 4 is 33.2 Å². The molecule has 0 aliphatic rings. The Bertz CT molecular complexity index is 310. The topological polar surface area (TPSA) is 12.0 Å². The van der Waals surface area contributed by atoms with Crippen molar-refractivity contribution in [2.24, 2.45) is 0 Å². The molecule has 0 saturated heterocycles. The van der Waals surface area contributed by atoms with Gasteiger partial charge in [-0.1, -0.05) is 11.6 Å². The summed E-state index contributed by atoms with van der Waals surface area (Å²) >= 11 is 9.50. The van der Waals surface area contributed by atoms with E-state index in [1.807, 2.05) is 19.1 Å². The summed E-state index contributed by atoms with van der Waals surface area (Å²) in [5, 5.41) is 4.11. The minimum Gasteiger partial charge on any atom is -0.382 e. The maximum absolute atomic E-state index is 6.01. The Morgan fingerprint density at radius 2 is 2.00 bits per heavy atom. The van der Waals surface area contributed by atoms with Gasteiger partial charge in [0, 0.05) is 15.5 Å². The highest BCUT2D eigenvalue weighted by molar-refractivity contribution is 9.10. The molecule has 0 atom stereocenters. The first kappa shape index (κ1) is 10.9. The lowest BCUT2D eigenvalue weighted by Gasteiger charge is -2.13. The molecule has 72 valence electrons.